The van der Waals surface area contributed by atoms with E-state index < -0.39 is 0 Å². The Morgan fingerprint density at radius 3 is 2.75 bits per heavy atom. The molecule has 0 heterocycles. The van der Waals surface area contributed by atoms with Crippen LogP contribution in [-0.4, -0.2) is 0 Å². The Morgan fingerprint density at radius 1 is 1.25 bits per heavy atom. The standard InChI is InChI=1S/C15H12N/c1-2-13-10-12(11-16)8-9-15(13)14-6-4-3-5-7-14/h3-6,8-10H,2H2,1H3. The molecule has 2 aromatic rings. The molecule has 0 fully saturated rings. The molecule has 77 valence electrons. The van der Waals surface area contributed by atoms with Crippen LogP contribution in [0, 0.1) is 17.4 Å². The normalized spacial score (nSPS) is 9.75. The highest BCUT2D eigenvalue weighted by Gasteiger charge is 2.04. The van der Waals surface area contributed by atoms with E-state index in [4.69, 9.17) is 5.26 Å². The first-order valence-corrected chi connectivity index (χ1v) is 5.35. The van der Waals surface area contributed by atoms with Crippen LogP contribution in [0.1, 0.15) is 18.1 Å². The van der Waals surface area contributed by atoms with Crippen molar-refractivity contribution in [1.29, 1.82) is 5.26 Å². The zero-order valence-corrected chi connectivity index (χ0v) is 9.20. The fraction of sp³-hybridized carbons (Fsp3) is 0.133. The maximum absolute atomic E-state index is 8.86. The van der Waals surface area contributed by atoms with Crippen LogP contribution < -0.4 is 0 Å². The molecular weight excluding hydrogens is 194 g/mol. The van der Waals surface area contributed by atoms with E-state index in [1.165, 1.54) is 11.1 Å². The molecule has 0 atom stereocenters. The van der Waals surface area contributed by atoms with Gasteiger partial charge in [0.1, 0.15) is 0 Å². The molecule has 1 heteroatoms. The molecule has 1 nitrogen and oxygen atoms in total. The van der Waals surface area contributed by atoms with Crippen LogP contribution in [0.4, 0.5) is 0 Å². The second-order valence-corrected chi connectivity index (χ2v) is 3.61. The summed E-state index contributed by atoms with van der Waals surface area (Å²) in [5, 5.41) is 8.86. The van der Waals surface area contributed by atoms with Gasteiger partial charge in [0.05, 0.1) is 11.6 Å². The zero-order chi connectivity index (χ0) is 11.4. The minimum absolute atomic E-state index is 0.719. The highest BCUT2D eigenvalue weighted by Crippen LogP contribution is 2.24. The summed E-state index contributed by atoms with van der Waals surface area (Å²) in [7, 11) is 0. The van der Waals surface area contributed by atoms with Crippen molar-refractivity contribution in [3.8, 4) is 17.2 Å². The fourth-order valence-corrected chi connectivity index (χ4v) is 1.78. The molecule has 0 N–H and O–H groups in total. The van der Waals surface area contributed by atoms with E-state index in [1.807, 2.05) is 42.5 Å². The molecule has 2 aromatic carbocycles. The van der Waals surface area contributed by atoms with Crippen LogP contribution in [0.2, 0.25) is 0 Å². The molecule has 16 heavy (non-hydrogen) atoms. The summed E-state index contributed by atoms with van der Waals surface area (Å²) in [4.78, 5) is 0. The lowest BCUT2D eigenvalue weighted by Crippen LogP contribution is -1.89. The van der Waals surface area contributed by atoms with Crippen LogP contribution in [0.5, 0.6) is 0 Å². The van der Waals surface area contributed by atoms with Gasteiger partial charge in [0.2, 0.25) is 0 Å². The van der Waals surface area contributed by atoms with Gasteiger partial charge in [-0.05, 0) is 41.3 Å². The molecule has 0 aliphatic rings. The zero-order valence-electron chi connectivity index (χ0n) is 9.20. The number of hydrogen-bond acceptors (Lipinski definition) is 1. The van der Waals surface area contributed by atoms with Crippen LogP contribution >= 0.6 is 0 Å². The molecule has 0 aromatic heterocycles. The van der Waals surface area contributed by atoms with E-state index in [2.05, 4.69) is 19.1 Å². The average Bonchev–Trinajstić information content (AvgIpc) is 2.39. The summed E-state index contributed by atoms with van der Waals surface area (Å²) >= 11 is 0. The van der Waals surface area contributed by atoms with E-state index >= 15 is 0 Å². The molecule has 2 rings (SSSR count). The first-order chi connectivity index (χ1) is 7.85. The topological polar surface area (TPSA) is 23.8 Å². The number of nitrogens with zero attached hydrogens (tertiary/aromatic N) is 1. The summed E-state index contributed by atoms with van der Waals surface area (Å²) in [6, 6.07) is 19.1. The lowest BCUT2D eigenvalue weighted by Gasteiger charge is -2.07. The minimum Gasteiger partial charge on any atom is -0.192 e. The lowest BCUT2D eigenvalue weighted by atomic mass is 9.96. The van der Waals surface area contributed by atoms with E-state index in [-0.39, 0.29) is 0 Å². The quantitative estimate of drug-likeness (QED) is 0.736. The van der Waals surface area contributed by atoms with Gasteiger partial charge in [-0.1, -0.05) is 37.3 Å². The van der Waals surface area contributed by atoms with Gasteiger partial charge < -0.3 is 0 Å². The lowest BCUT2D eigenvalue weighted by molar-refractivity contribution is 1.14. The Balaban J connectivity index is 2.54. The molecule has 0 saturated carbocycles. The molecule has 0 aliphatic carbocycles. The molecule has 1 radical (unpaired) electrons. The van der Waals surface area contributed by atoms with E-state index in [9.17, 15) is 0 Å². The van der Waals surface area contributed by atoms with Crippen molar-refractivity contribution in [3.05, 3.63) is 59.7 Å². The van der Waals surface area contributed by atoms with Crippen molar-refractivity contribution >= 4 is 0 Å². The van der Waals surface area contributed by atoms with Crippen LogP contribution in [-0.2, 0) is 6.42 Å². The number of rotatable bonds is 2. The maximum Gasteiger partial charge on any atom is 0.0991 e. The number of nitriles is 1. The van der Waals surface area contributed by atoms with Crippen molar-refractivity contribution in [1.82, 2.24) is 0 Å². The molecule has 0 bridgehead atoms. The highest BCUT2D eigenvalue weighted by molar-refractivity contribution is 5.67. The van der Waals surface area contributed by atoms with Gasteiger partial charge in [-0.3, -0.25) is 0 Å². The first-order valence-electron chi connectivity index (χ1n) is 5.35. The number of hydrogen-bond donors (Lipinski definition) is 0. The van der Waals surface area contributed by atoms with Crippen LogP contribution in [0.3, 0.4) is 0 Å². The highest BCUT2D eigenvalue weighted by atomic mass is 14.2. The van der Waals surface area contributed by atoms with Gasteiger partial charge >= 0.3 is 0 Å². The van der Waals surface area contributed by atoms with Crippen molar-refractivity contribution in [2.75, 3.05) is 0 Å². The van der Waals surface area contributed by atoms with Gasteiger partial charge in [-0.2, -0.15) is 5.26 Å². The summed E-state index contributed by atoms with van der Waals surface area (Å²) in [5.41, 5.74) is 4.17. The van der Waals surface area contributed by atoms with Gasteiger partial charge in [0.25, 0.3) is 0 Å². The molecule has 0 saturated heterocycles. The van der Waals surface area contributed by atoms with Gasteiger partial charge in [0.15, 0.2) is 0 Å². The summed E-state index contributed by atoms with van der Waals surface area (Å²) in [6.07, 6.45) is 0.924. The SMILES string of the molecule is CCc1cc(C#N)ccc1-c1[c]cccc1. The predicted octanol–water partition coefficient (Wildman–Crippen LogP) is 3.59. The molecule has 0 spiro atoms. The summed E-state index contributed by atoms with van der Waals surface area (Å²) in [5.74, 6) is 0. The Kier molecular flexibility index (Phi) is 3.03. The maximum atomic E-state index is 8.86. The third kappa shape index (κ3) is 1.97. The molecule has 0 unspecified atom stereocenters. The summed E-state index contributed by atoms with van der Waals surface area (Å²) in [6.45, 7) is 2.10. The Bertz CT molecular complexity index is 521. The minimum atomic E-state index is 0.719. The van der Waals surface area contributed by atoms with Crippen LogP contribution in [0.15, 0.2) is 42.5 Å². The third-order valence-electron chi connectivity index (χ3n) is 2.61. The van der Waals surface area contributed by atoms with Crippen LogP contribution in [0.25, 0.3) is 11.1 Å². The Labute approximate surface area is 96.0 Å². The number of benzene rings is 2. The monoisotopic (exact) mass is 206 g/mol. The Morgan fingerprint density at radius 2 is 2.12 bits per heavy atom. The van der Waals surface area contributed by atoms with Crippen molar-refractivity contribution in [2.45, 2.75) is 13.3 Å². The molecule has 0 aliphatic heterocycles. The largest absolute Gasteiger partial charge is 0.192 e. The fourth-order valence-electron chi connectivity index (χ4n) is 1.78. The second-order valence-electron chi connectivity index (χ2n) is 3.61. The van der Waals surface area contributed by atoms with E-state index in [1.54, 1.807) is 0 Å². The Hall–Kier alpha value is -2.07. The smallest absolute Gasteiger partial charge is 0.0991 e. The average molecular weight is 206 g/mol. The first kappa shape index (κ1) is 10.4. The van der Waals surface area contributed by atoms with E-state index in [0.29, 0.717) is 0 Å². The van der Waals surface area contributed by atoms with Gasteiger partial charge in [-0.25, -0.2) is 0 Å². The molecule has 0 amide bonds. The second kappa shape index (κ2) is 4.63. The van der Waals surface area contributed by atoms with Crippen molar-refractivity contribution < 1.29 is 0 Å². The third-order valence-corrected chi connectivity index (χ3v) is 2.61. The number of aryl methyl sites for hydroxylation is 1. The van der Waals surface area contributed by atoms with Gasteiger partial charge in [-0.15, -0.1) is 0 Å². The summed E-state index contributed by atoms with van der Waals surface area (Å²) < 4.78 is 0. The molecular formula is C15H12N. The predicted molar refractivity (Wildman–Crippen MR) is 64.8 cm³/mol. The van der Waals surface area contributed by atoms with Crippen molar-refractivity contribution in [3.63, 3.8) is 0 Å². The van der Waals surface area contributed by atoms with Gasteiger partial charge in [0, 0.05) is 0 Å². The van der Waals surface area contributed by atoms with E-state index in [0.717, 1.165) is 17.5 Å². The van der Waals surface area contributed by atoms with Crippen molar-refractivity contribution in [2.24, 2.45) is 0 Å².